The summed E-state index contributed by atoms with van der Waals surface area (Å²) in [5.74, 6) is 1.06. The molecule has 0 aliphatic heterocycles. The first kappa shape index (κ1) is 27.2. The van der Waals surface area contributed by atoms with Gasteiger partial charge in [-0.25, -0.2) is 4.79 Å². The molecule has 2 amide bonds. The number of carbonyl (C=O) groups excluding carboxylic acids is 2. The van der Waals surface area contributed by atoms with Crippen LogP contribution in [0.4, 0.5) is 0 Å². The summed E-state index contributed by atoms with van der Waals surface area (Å²) in [6, 6.07) is 15.5. The largest absolute Gasteiger partial charge is 0.493 e. The lowest BCUT2D eigenvalue weighted by molar-refractivity contribution is -0.122. The van der Waals surface area contributed by atoms with Crippen LogP contribution in [0, 0.1) is 0 Å². The fraction of sp³-hybridized carbons (Fsp3) is 0.286. The SMILES string of the molecule is COc1ccc(CCNC(=O)CCn2c(=O)c3ccccc3n(CC(=O)NCc3ccco3)c2=O)cc1OC. The Hall–Kier alpha value is -4.80. The fourth-order valence-electron chi connectivity index (χ4n) is 4.20. The van der Waals surface area contributed by atoms with Crippen molar-refractivity contribution in [2.45, 2.75) is 32.5 Å². The number of hydrogen-bond acceptors (Lipinski definition) is 7. The molecule has 2 aromatic carbocycles. The molecule has 0 spiro atoms. The van der Waals surface area contributed by atoms with E-state index < -0.39 is 17.2 Å². The van der Waals surface area contributed by atoms with Crippen molar-refractivity contribution in [2.75, 3.05) is 20.8 Å². The van der Waals surface area contributed by atoms with Crippen LogP contribution in [0.3, 0.4) is 0 Å². The summed E-state index contributed by atoms with van der Waals surface area (Å²) in [6.07, 6.45) is 1.98. The number of nitrogens with one attached hydrogen (secondary N) is 2. The highest BCUT2D eigenvalue weighted by molar-refractivity contribution is 5.81. The number of methoxy groups -OCH3 is 2. The highest BCUT2D eigenvalue weighted by Gasteiger charge is 2.16. The smallest absolute Gasteiger partial charge is 0.331 e. The van der Waals surface area contributed by atoms with Crippen LogP contribution >= 0.6 is 0 Å². The second-order valence-corrected chi connectivity index (χ2v) is 8.74. The van der Waals surface area contributed by atoms with E-state index >= 15 is 0 Å². The maximum Gasteiger partial charge on any atom is 0.331 e. The number of amides is 2. The molecule has 2 heterocycles. The molecule has 0 saturated heterocycles. The van der Waals surface area contributed by atoms with E-state index in [1.807, 2.05) is 12.1 Å². The van der Waals surface area contributed by atoms with Crippen LogP contribution in [0.5, 0.6) is 11.5 Å². The second kappa shape index (κ2) is 12.6. The summed E-state index contributed by atoms with van der Waals surface area (Å²) in [5, 5.41) is 5.80. The van der Waals surface area contributed by atoms with E-state index in [0.29, 0.717) is 35.7 Å². The third-order valence-electron chi connectivity index (χ3n) is 6.22. The van der Waals surface area contributed by atoms with Gasteiger partial charge in [0.2, 0.25) is 11.8 Å². The van der Waals surface area contributed by atoms with Gasteiger partial charge in [-0.2, -0.15) is 0 Å². The van der Waals surface area contributed by atoms with Gasteiger partial charge in [0.15, 0.2) is 11.5 Å². The van der Waals surface area contributed by atoms with Crippen molar-refractivity contribution in [1.82, 2.24) is 19.8 Å². The quantitative estimate of drug-likeness (QED) is 0.283. The van der Waals surface area contributed by atoms with Crippen molar-refractivity contribution in [3.63, 3.8) is 0 Å². The number of furan rings is 1. The lowest BCUT2D eigenvalue weighted by Gasteiger charge is -2.14. The minimum Gasteiger partial charge on any atom is -0.493 e. The minimum absolute atomic E-state index is 0.0793. The molecule has 0 unspecified atom stereocenters. The van der Waals surface area contributed by atoms with E-state index in [0.717, 1.165) is 10.1 Å². The van der Waals surface area contributed by atoms with Crippen molar-refractivity contribution < 1.29 is 23.5 Å². The zero-order valence-corrected chi connectivity index (χ0v) is 21.8. The van der Waals surface area contributed by atoms with Crippen LogP contribution in [0.2, 0.25) is 0 Å². The van der Waals surface area contributed by atoms with E-state index in [1.165, 1.54) is 10.8 Å². The molecule has 204 valence electrons. The van der Waals surface area contributed by atoms with Crippen molar-refractivity contribution in [1.29, 1.82) is 0 Å². The Labute approximate surface area is 224 Å². The first-order chi connectivity index (χ1) is 18.9. The molecule has 39 heavy (non-hydrogen) atoms. The first-order valence-electron chi connectivity index (χ1n) is 12.4. The van der Waals surface area contributed by atoms with Crippen LogP contribution < -0.4 is 31.4 Å². The number of benzene rings is 2. The van der Waals surface area contributed by atoms with Gasteiger partial charge in [-0.3, -0.25) is 23.5 Å². The van der Waals surface area contributed by atoms with Crippen molar-refractivity contribution in [2.24, 2.45) is 0 Å². The standard InChI is InChI=1S/C28H30N4O7/c1-37-23-10-9-19(16-24(23)38-2)11-13-29-25(33)12-14-31-27(35)21-7-3-4-8-22(21)32(28(31)36)18-26(34)30-17-20-6-5-15-39-20/h3-10,15-16H,11-14,17-18H2,1-2H3,(H,29,33)(H,30,34). The predicted octanol–water partition coefficient (Wildman–Crippen LogP) is 1.84. The topological polar surface area (TPSA) is 134 Å². The summed E-state index contributed by atoms with van der Waals surface area (Å²) < 4.78 is 18.0. The molecule has 0 atom stereocenters. The van der Waals surface area contributed by atoms with Gasteiger partial charge in [-0.05, 0) is 48.4 Å². The Bertz CT molecular complexity index is 1570. The summed E-state index contributed by atoms with van der Waals surface area (Å²) in [6.45, 7) is 0.110. The average molecular weight is 535 g/mol. The third kappa shape index (κ3) is 6.56. The number of rotatable bonds is 12. The number of fused-ring (bicyclic) bond motifs is 1. The van der Waals surface area contributed by atoms with E-state index in [2.05, 4.69) is 10.6 Å². The maximum atomic E-state index is 13.3. The molecule has 11 nitrogen and oxygen atoms in total. The van der Waals surface area contributed by atoms with E-state index in [9.17, 15) is 19.2 Å². The van der Waals surface area contributed by atoms with Gasteiger partial charge in [-0.1, -0.05) is 18.2 Å². The van der Waals surface area contributed by atoms with E-state index in [4.69, 9.17) is 13.9 Å². The summed E-state index contributed by atoms with van der Waals surface area (Å²) >= 11 is 0. The van der Waals surface area contributed by atoms with Crippen LogP contribution in [0.25, 0.3) is 10.9 Å². The second-order valence-electron chi connectivity index (χ2n) is 8.74. The summed E-state index contributed by atoms with van der Waals surface area (Å²) in [7, 11) is 3.12. The number of nitrogens with zero attached hydrogens (tertiary/aromatic N) is 2. The number of ether oxygens (including phenoxy) is 2. The number of carbonyl (C=O) groups is 2. The third-order valence-corrected chi connectivity index (χ3v) is 6.22. The number of hydrogen-bond donors (Lipinski definition) is 2. The molecule has 0 fully saturated rings. The Kier molecular flexibility index (Phi) is 8.82. The van der Waals surface area contributed by atoms with Gasteiger partial charge < -0.3 is 24.5 Å². The first-order valence-corrected chi connectivity index (χ1v) is 12.4. The molecule has 4 aromatic rings. The Morgan fingerprint density at radius 3 is 2.44 bits per heavy atom. The van der Waals surface area contributed by atoms with Gasteiger partial charge in [0.25, 0.3) is 5.56 Å². The average Bonchev–Trinajstić information content (AvgIpc) is 3.48. The Morgan fingerprint density at radius 1 is 0.897 bits per heavy atom. The van der Waals surface area contributed by atoms with Crippen LogP contribution in [0.1, 0.15) is 17.7 Å². The molecule has 11 heteroatoms. The fourth-order valence-corrected chi connectivity index (χ4v) is 4.20. The highest BCUT2D eigenvalue weighted by Crippen LogP contribution is 2.27. The van der Waals surface area contributed by atoms with Crippen molar-refractivity contribution >= 4 is 22.7 Å². The van der Waals surface area contributed by atoms with E-state index in [-0.39, 0.29) is 37.3 Å². The molecule has 2 N–H and O–H groups in total. The van der Waals surface area contributed by atoms with Crippen LogP contribution in [-0.2, 0) is 35.6 Å². The van der Waals surface area contributed by atoms with Crippen LogP contribution in [-0.4, -0.2) is 41.7 Å². The predicted molar refractivity (Wildman–Crippen MR) is 144 cm³/mol. The van der Waals surface area contributed by atoms with Gasteiger partial charge >= 0.3 is 5.69 Å². The summed E-state index contributed by atoms with van der Waals surface area (Å²) in [4.78, 5) is 51.5. The molecule has 0 saturated carbocycles. The number of para-hydroxylation sites is 1. The number of aromatic nitrogens is 2. The van der Waals surface area contributed by atoms with Gasteiger partial charge in [0.1, 0.15) is 12.3 Å². The zero-order chi connectivity index (χ0) is 27.8. The molecule has 0 radical (unpaired) electrons. The van der Waals surface area contributed by atoms with Gasteiger partial charge in [0, 0.05) is 19.5 Å². The Balaban J connectivity index is 1.42. The normalized spacial score (nSPS) is 10.8. The lowest BCUT2D eigenvalue weighted by atomic mass is 10.1. The van der Waals surface area contributed by atoms with Gasteiger partial charge in [0.05, 0.1) is 37.9 Å². The molecule has 2 aromatic heterocycles. The molecule has 0 aliphatic rings. The van der Waals surface area contributed by atoms with Crippen LogP contribution in [0.15, 0.2) is 74.9 Å². The molecule has 4 rings (SSSR count). The molecular formula is C28H30N4O7. The molecule has 0 aliphatic carbocycles. The molecule has 0 bridgehead atoms. The Morgan fingerprint density at radius 2 is 1.69 bits per heavy atom. The van der Waals surface area contributed by atoms with Crippen molar-refractivity contribution in [3.05, 3.63) is 93.0 Å². The molecular weight excluding hydrogens is 504 g/mol. The highest BCUT2D eigenvalue weighted by atomic mass is 16.5. The van der Waals surface area contributed by atoms with Gasteiger partial charge in [-0.15, -0.1) is 0 Å². The minimum atomic E-state index is -0.662. The monoisotopic (exact) mass is 534 g/mol. The van der Waals surface area contributed by atoms with Crippen molar-refractivity contribution in [3.8, 4) is 11.5 Å². The van der Waals surface area contributed by atoms with E-state index in [1.54, 1.807) is 56.7 Å². The lowest BCUT2D eigenvalue weighted by Crippen LogP contribution is -2.43. The zero-order valence-electron chi connectivity index (χ0n) is 21.8. The summed E-state index contributed by atoms with van der Waals surface area (Å²) in [5.41, 5.74) is 0.120. The maximum absolute atomic E-state index is 13.3.